The largest absolute Gasteiger partial charge is 0.261 e. The zero-order valence-electron chi connectivity index (χ0n) is 10.0. The number of hydrogen-bond acceptors (Lipinski definition) is 1. The van der Waals surface area contributed by atoms with E-state index in [9.17, 15) is 0 Å². The van der Waals surface area contributed by atoms with Crippen molar-refractivity contribution in [1.29, 1.82) is 0 Å². The van der Waals surface area contributed by atoms with Crippen molar-refractivity contribution in [3.8, 4) is 0 Å². The first kappa shape index (κ1) is 13.2. The molecule has 0 amide bonds. The molecule has 0 atom stereocenters. The van der Waals surface area contributed by atoms with Crippen molar-refractivity contribution in [2.45, 2.75) is 53.4 Å². The fraction of sp³-hybridized carbons (Fsp3) is 0.615. The molecule has 1 aliphatic rings. The minimum atomic E-state index is 1.19. The zero-order valence-corrected chi connectivity index (χ0v) is 10.0. The maximum Gasteiger partial charge on any atom is 0.0435 e. The van der Waals surface area contributed by atoms with Crippen LogP contribution in [0.2, 0.25) is 0 Å². The van der Waals surface area contributed by atoms with E-state index in [1.807, 2.05) is 40.0 Å². The summed E-state index contributed by atoms with van der Waals surface area (Å²) in [6, 6.07) is 4.23. The Morgan fingerprint density at radius 2 is 1.64 bits per heavy atom. The Hall–Kier alpha value is -0.850. The van der Waals surface area contributed by atoms with Crippen molar-refractivity contribution < 1.29 is 0 Å². The van der Waals surface area contributed by atoms with E-state index in [1.54, 1.807) is 0 Å². The highest BCUT2D eigenvalue weighted by Crippen LogP contribution is 2.17. The lowest BCUT2D eigenvalue weighted by Gasteiger charge is -2.12. The van der Waals surface area contributed by atoms with E-state index in [0.29, 0.717) is 0 Å². The van der Waals surface area contributed by atoms with Crippen LogP contribution in [0.3, 0.4) is 0 Å². The standard InChI is InChI=1S/C9H11N.2C2H6/c1-2-6-9-8(4-1)5-3-7-10-9;2*1-2/h3,5,7H,1-2,4,6H2;2*1-2H3. The van der Waals surface area contributed by atoms with Gasteiger partial charge in [-0.3, -0.25) is 4.98 Å². The van der Waals surface area contributed by atoms with Crippen LogP contribution in [0.1, 0.15) is 51.8 Å². The summed E-state index contributed by atoms with van der Waals surface area (Å²) < 4.78 is 0. The predicted octanol–water partition coefficient (Wildman–Crippen LogP) is 4.01. The van der Waals surface area contributed by atoms with Crippen molar-refractivity contribution in [2.75, 3.05) is 0 Å². The topological polar surface area (TPSA) is 12.9 Å². The Morgan fingerprint density at radius 3 is 2.29 bits per heavy atom. The molecule has 1 aromatic heterocycles. The number of fused-ring (bicyclic) bond motifs is 1. The summed E-state index contributed by atoms with van der Waals surface area (Å²) in [4.78, 5) is 4.32. The summed E-state index contributed by atoms with van der Waals surface area (Å²) >= 11 is 0. The first-order chi connectivity index (χ1) is 6.97. The lowest BCUT2D eigenvalue weighted by Crippen LogP contribution is -2.03. The van der Waals surface area contributed by atoms with Crippen LogP contribution >= 0.6 is 0 Å². The molecule has 1 heteroatoms. The average molecular weight is 193 g/mol. The van der Waals surface area contributed by atoms with E-state index in [-0.39, 0.29) is 0 Å². The van der Waals surface area contributed by atoms with E-state index < -0.39 is 0 Å². The predicted molar refractivity (Wildman–Crippen MR) is 63.6 cm³/mol. The Bertz CT molecular complexity index is 205. The van der Waals surface area contributed by atoms with E-state index >= 15 is 0 Å². The second-order valence-corrected chi connectivity index (χ2v) is 2.82. The third kappa shape index (κ3) is 3.91. The van der Waals surface area contributed by atoms with Gasteiger partial charge in [0.2, 0.25) is 0 Å². The van der Waals surface area contributed by atoms with Gasteiger partial charge in [-0.25, -0.2) is 0 Å². The van der Waals surface area contributed by atoms with Crippen molar-refractivity contribution in [1.82, 2.24) is 4.98 Å². The molecule has 1 aliphatic carbocycles. The molecule has 1 nitrogen and oxygen atoms in total. The SMILES string of the molecule is CC.CC.c1cnc2c(c1)CCCC2. The third-order valence-electron chi connectivity index (χ3n) is 2.09. The fourth-order valence-corrected chi connectivity index (χ4v) is 1.53. The van der Waals surface area contributed by atoms with Crippen molar-refractivity contribution >= 4 is 0 Å². The number of nitrogens with zero attached hydrogens (tertiary/aromatic N) is 1. The van der Waals surface area contributed by atoms with Gasteiger partial charge in [-0.2, -0.15) is 0 Å². The second-order valence-electron chi connectivity index (χ2n) is 2.82. The lowest BCUT2D eigenvalue weighted by molar-refractivity contribution is 0.668. The molecular formula is C13H23N. The number of pyridine rings is 1. The van der Waals surface area contributed by atoms with Crippen molar-refractivity contribution in [3.05, 3.63) is 29.6 Å². The van der Waals surface area contributed by atoms with Gasteiger partial charge in [-0.1, -0.05) is 33.8 Å². The normalized spacial score (nSPS) is 12.6. The first-order valence-electron chi connectivity index (χ1n) is 5.89. The van der Waals surface area contributed by atoms with Gasteiger partial charge in [0, 0.05) is 11.9 Å². The number of rotatable bonds is 0. The van der Waals surface area contributed by atoms with Crippen LogP contribution in [0.4, 0.5) is 0 Å². The van der Waals surface area contributed by atoms with Gasteiger partial charge in [0.15, 0.2) is 0 Å². The van der Waals surface area contributed by atoms with Gasteiger partial charge in [0.05, 0.1) is 0 Å². The summed E-state index contributed by atoms with van der Waals surface area (Å²) in [5.74, 6) is 0. The molecule has 0 aromatic carbocycles. The molecule has 0 spiro atoms. The molecule has 0 N–H and O–H groups in total. The van der Waals surface area contributed by atoms with E-state index in [1.165, 1.54) is 36.9 Å². The summed E-state index contributed by atoms with van der Waals surface area (Å²) in [6.45, 7) is 8.00. The molecule has 0 aliphatic heterocycles. The van der Waals surface area contributed by atoms with Gasteiger partial charge in [0.25, 0.3) is 0 Å². The minimum Gasteiger partial charge on any atom is -0.261 e. The molecule has 1 aromatic rings. The minimum absolute atomic E-state index is 1.19. The smallest absolute Gasteiger partial charge is 0.0435 e. The van der Waals surface area contributed by atoms with Crippen LogP contribution in [0.5, 0.6) is 0 Å². The van der Waals surface area contributed by atoms with Gasteiger partial charge in [-0.05, 0) is 37.3 Å². The van der Waals surface area contributed by atoms with Crippen LogP contribution in [-0.4, -0.2) is 4.98 Å². The monoisotopic (exact) mass is 193 g/mol. The first-order valence-corrected chi connectivity index (χ1v) is 5.89. The quantitative estimate of drug-likeness (QED) is 0.606. The molecule has 0 saturated heterocycles. The van der Waals surface area contributed by atoms with Crippen LogP contribution in [0, 0.1) is 0 Å². The van der Waals surface area contributed by atoms with Gasteiger partial charge in [0.1, 0.15) is 0 Å². The maximum atomic E-state index is 4.32. The number of aromatic nitrogens is 1. The second kappa shape index (κ2) is 8.74. The summed E-state index contributed by atoms with van der Waals surface area (Å²) in [6.07, 6.45) is 6.99. The highest BCUT2D eigenvalue weighted by molar-refractivity contribution is 5.21. The molecule has 0 radical (unpaired) electrons. The summed E-state index contributed by atoms with van der Waals surface area (Å²) in [5.41, 5.74) is 2.79. The van der Waals surface area contributed by atoms with Crippen LogP contribution < -0.4 is 0 Å². The highest BCUT2D eigenvalue weighted by atomic mass is 14.7. The molecule has 80 valence electrons. The molecular weight excluding hydrogens is 170 g/mol. The van der Waals surface area contributed by atoms with Crippen molar-refractivity contribution in [3.63, 3.8) is 0 Å². The molecule has 0 fully saturated rings. The molecule has 14 heavy (non-hydrogen) atoms. The summed E-state index contributed by atoms with van der Waals surface area (Å²) in [5, 5.41) is 0. The molecule has 1 heterocycles. The average Bonchev–Trinajstić information content (AvgIpc) is 2.34. The Kier molecular flexibility index (Phi) is 8.20. The Balaban J connectivity index is 0.000000379. The highest BCUT2D eigenvalue weighted by Gasteiger charge is 2.07. The van der Waals surface area contributed by atoms with Gasteiger partial charge < -0.3 is 0 Å². The molecule has 0 unspecified atom stereocenters. The third-order valence-corrected chi connectivity index (χ3v) is 2.09. The van der Waals surface area contributed by atoms with E-state index in [4.69, 9.17) is 0 Å². The summed E-state index contributed by atoms with van der Waals surface area (Å²) in [7, 11) is 0. The zero-order chi connectivity index (χ0) is 10.8. The van der Waals surface area contributed by atoms with Crippen LogP contribution in [0.15, 0.2) is 18.3 Å². The maximum absolute atomic E-state index is 4.32. The lowest BCUT2D eigenvalue weighted by atomic mass is 9.96. The van der Waals surface area contributed by atoms with Crippen molar-refractivity contribution in [2.24, 2.45) is 0 Å². The number of hydrogen-bond donors (Lipinski definition) is 0. The van der Waals surface area contributed by atoms with E-state index in [2.05, 4.69) is 11.1 Å². The van der Waals surface area contributed by atoms with Crippen LogP contribution in [-0.2, 0) is 12.8 Å². The van der Waals surface area contributed by atoms with E-state index in [0.717, 1.165) is 0 Å². The fourth-order valence-electron chi connectivity index (χ4n) is 1.53. The number of aryl methyl sites for hydroxylation is 2. The van der Waals surface area contributed by atoms with Crippen LogP contribution in [0.25, 0.3) is 0 Å². The Morgan fingerprint density at radius 1 is 1.00 bits per heavy atom. The molecule has 2 rings (SSSR count). The van der Waals surface area contributed by atoms with Gasteiger partial charge in [-0.15, -0.1) is 0 Å². The molecule has 0 bridgehead atoms. The Labute approximate surface area is 88.6 Å². The molecule has 0 saturated carbocycles. The van der Waals surface area contributed by atoms with Gasteiger partial charge >= 0.3 is 0 Å².